The van der Waals surface area contributed by atoms with E-state index in [1.165, 1.54) is 0 Å². The maximum atomic E-state index is 6.31. The maximum absolute atomic E-state index is 6.31. The van der Waals surface area contributed by atoms with Crippen molar-refractivity contribution < 1.29 is 0 Å². The van der Waals surface area contributed by atoms with E-state index < -0.39 is 0 Å². The number of benzene rings is 1. The van der Waals surface area contributed by atoms with E-state index in [4.69, 9.17) is 28.3 Å². The normalized spacial score (nSPS) is 20.8. The van der Waals surface area contributed by atoms with Crippen LogP contribution < -0.4 is 10.9 Å². The highest BCUT2D eigenvalue weighted by molar-refractivity contribution is 7.16. The predicted octanol–water partition coefficient (Wildman–Crippen LogP) is 4.11. The molecule has 2 aromatic heterocycles. The summed E-state index contributed by atoms with van der Waals surface area (Å²) in [6, 6.07) is 5.98. The maximum Gasteiger partial charge on any atom is 0.235 e. The second-order valence-corrected chi connectivity index (χ2v) is 8.52. The molecule has 1 fully saturated rings. The van der Waals surface area contributed by atoms with Crippen LogP contribution in [0.4, 0.5) is 0 Å². The molecule has 25 heavy (non-hydrogen) atoms. The van der Waals surface area contributed by atoms with Crippen molar-refractivity contribution in [3.8, 4) is 11.4 Å². The Kier molecular flexibility index (Phi) is 4.68. The fourth-order valence-corrected chi connectivity index (χ4v) is 4.51. The van der Waals surface area contributed by atoms with Crippen LogP contribution in [0.1, 0.15) is 37.7 Å². The average molecular weight is 397 g/mol. The van der Waals surface area contributed by atoms with Gasteiger partial charge in [-0.1, -0.05) is 48.4 Å². The van der Waals surface area contributed by atoms with Gasteiger partial charge in [0.15, 0.2) is 5.82 Å². The summed E-state index contributed by atoms with van der Waals surface area (Å²) in [5.41, 5.74) is 7.49. The van der Waals surface area contributed by atoms with Gasteiger partial charge in [0.05, 0.1) is 11.1 Å². The molecule has 0 bridgehead atoms. The van der Waals surface area contributed by atoms with E-state index in [9.17, 15) is 0 Å². The summed E-state index contributed by atoms with van der Waals surface area (Å²) in [6.45, 7) is 4.47. The van der Waals surface area contributed by atoms with Crippen molar-refractivity contribution >= 4 is 39.5 Å². The van der Waals surface area contributed by atoms with E-state index in [-0.39, 0.29) is 6.04 Å². The van der Waals surface area contributed by atoms with Crippen molar-refractivity contribution in [1.82, 2.24) is 30.7 Å². The third-order valence-electron chi connectivity index (χ3n) is 4.21. The second-order valence-electron chi connectivity index (χ2n) is 6.69. The minimum absolute atomic E-state index is 0.184. The minimum atomic E-state index is 0.184. The minimum Gasteiger partial charge on any atom is -0.254 e. The van der Waals surface area contributed by atoms with Gasteiger partial charge in [0.2, 0.25) is 4.96 Å². The Morgan fingerprint density at radius 3 is 2.88 bits per heavy atom. The summed E-state index contributed by atoms with van der Waals surface area (Å²) in [7, 11) is 0. The molecular formula is C16H18Cl2N6S. The highest BCUT2D eigenvalue weighted by Gasteiger charge is 2.29. The van der Waals surface area contributed by atoms with Crippen LogP contribution in [0.5, 0.6) is 0 Å². The van der Waals surface area contributed by atoms with Gasteiger partial charge < -0.3 is 0 Å². The van der Waals surface area contributed by atoms with Gasteiger partial charge in [0.1, 0.15) is 5.01 Å². The van der Waals surface area contributed by atoms with Gasteiger partial charge in [-0.05, 0) is 37.0 Å². The lowest BCUT2D eigenvalue weighted by Gasteiger charge is -2.10. The SMILES string of the molecule is CC(C)CC1CC(c2nn3c(-c4ccc(Cl)cc4Cl)nnc3s2)NN1. The van der Waals surface area contributed by atoms with Crippen LogP contribution in [0, 0.1) is 5.92 Å². The molecule has 9 heteroatoms. The quantitative estimate of drug-likeness (QED) is 0.694. The van der Waals surface area contributed by atoms with Crippen LogP contribution in [0.3, 0.4) is 0 Å². The largest absolute Gasteiger partial charge is 0.254 e. The number of fused-ring (bicyclic) bond motifs is 1. The molecule has 1 aliphatic heterocycles. The van der Waals surface area contributed by atoms with Crippen LogP contribution in [0.15, 0.2) is 18.2 Å². The molecule has 2 N–H and O–H groups in total. The monoisotopic (exact) mass is 396 g/mol. The molecule has 0 spiro atoms. The topological polar surface area (TPSA) is 67.1 Å². The lowest BCUT2D eigenvalue weighted by atomic mass is 10.0. The fraction of sp³-hybridized carbons (Fsp3) is 0.438. The highest BCUT2D eigenvalue weighted by Crippen LogP contribution is 2.33. The first-order chi connectivity index (χ1) is 12.0. The van der Waals surface area contributed by atoms with E-state index in [1.54, 1.807) is 28.0 Å². The van der Waals surface area contributed by atoms with E-state index in [0.717, 1.165) is 28.4 Å². The predicted molar refractivity (Wildman–Crippen MR) is 101 cm³/mol. The van der Waals surface area contributed by atoms with Crippen molar-refractivity contribution in [3.05, 3.63) is 33.3 Å². The Hall–Kier alpha value is -1.25. The van der Waals surface area contributed by atoms with E-state index >= 15 is 0 Å². The Labute approximate surface area is 159 Å². The summed E-state index contributed by atoms with van der Waals surface area (Å²) in [6.07, 6.45) is 2.15. The first kappa shape index (κ1) is 17.2. The van der Waals surface area contributed by atoms with Gasteiger partial charge in [-0.3, -0.25) is 5.43 Å². The molecule has 3 heterocycles. The first-order valence-electron chi connectivity index (χ1n) is 8.20. The van der Waals surface area contributed by atoms with Crippen molar-refractivity contribution in [2.24, 2.45) is 5.92 Å². The highest BCUT2D eigenvalue weighted by atomic mass is 35.5. The summed E-state index contributed by atoms with van der Waals surface area (Å²) < 4.78 is 1.76. The molecule has 2 atom stereocenters. The molecule has 0 aliphatic carbocycles. The van der Waals surface area contributed by atoms with E-state index in [0.29, 0.717) is 27.8 Å². The smallest absolute Gasteiger partial charge is 0.235 e. The van der Waals surface area contributed by atoms with Crippen molar-refractivity contribution in [2.45, 2.75) is 38.8 Å². The van der Waals surface area contributed by atoms with Crippen molar-refractivity contribution in [2.75, 3.05) is 0 Å². The molecule has 2 unspecified atom stereocenters. The number of nitrogens with zero attached hydrogens (tertiary/aromatic N) is 4. The zero-order chi connectivity index (χ0) is 17.6. The number of aromatic nitrogens is 4. The molecule has 6 nitrogen and oxygen atoms in total. The van der Waals surface area contributed by atoms with E-state index in [2.05, 4.69) is 34.9 Å². The summed E-state index contributed by atoms with van der Waals surface area (Å²) in [5, 5.41) is 15.3. The number of nitrogens with one attached hydrogen (secondary N) is 2. The van der Waals surface area contributed by atoms with Crippen LogP contribution in [-0.2, 0) is 0 Å². The van der Waals surface area contributed by atoms with Crippen molar-refractivity contribution in [1.29, 1.82) is 0 Å². The molecule has 0 amide bonds. The van der Waals surface area contributed by atoms with Crippen LogP contribution >= 0.6 is 34.5 Å². The molecule has 1 aliphatic rings. The van der Waals surface area contributed by atoms with Crippen molar-refractivity contribution in [3.63, 3.8) is 0 Å². The van der Waals surface area contributed by atoms with Gasteiger partial charge in [-0.15, -0.1) is 10.2 Å². The number of hydrazine groups is 1. The number of hydrogen-bond donors (Lipinski definition) is 2. The standard InChI is InChI=1S/C16H18Cl2N6S/c1-8(2)5-10-7-13(20-19-10)15-23-24-14(21-22-16(24)25-15)11-4-3-9(17)6-12(11)18/h3-4,6,8,10,13,19-20H,5,7H2,1-2H3. The van der Waals surface area contributed by atoms with Crippen LogP contribution in [-0.4, -0.2) is 25.9 Å². The third-order valence-corrected chi connectivity index (χ3v) is 5.77. The lowest BCUT2D eigenvalue weighted by molar-refractivity contribution is 0.446. The van der Waals surface area contributed by atoms with Gasteiger partial charge in [-0.2, -0.15) is 9.61 Å². The summed E-state index contributed by atoms with van der Waals surface area (Å²) >= 11 is 13.8. The number of rotatable bonds is 4. The average Bonchev–Trinajstić information content (AvgIpc) is 3.22. The number of halogens is 2. The molecular weight excluding hydrogens is 379 g/mol. The lowest BCUT2D eigenvalue weighted by Crippen LogP contribution is -2.31. The van der Waals surface area contributed by atoms with Crippen LogP contribution in [0.25, 0.3) is 16.3 Å². The molecule has 1 aromatic carbocycles. The zero-order valence-electron chi connectivity index (χ0n) is 13.8. The Bertz CT molecular complexity index is 905. The van der Waals surface area contributed by atoms with Crippen LogP contribution in [0.2, 0.25) is 10.0 Å². The summed E-state index contributed by atoms with van der Waals surface area (Å²) in [5.74, 6) is 1.29. The molecule has 0 radical (unpaired) electrons. The first-order valence-corrected chi connectivity index (χ1v) is 9.77. The van der Waals surface area contributed by atoms with E-state index in [1.807, 2.05) is 6.07 Å². The second kappa shape index (κ2) is 6.81. The van der Waals surface area contributed by atoms with Gasteiger partial charge in [-0.25, -0.2) is 5.43 Å². The molecule has 1 saturated heterocycles. The Morgan fingerprint density at radius 2 is 2.12 bits per heavy atom. The Balaban J connectivity index is 1.63. The molecule has 3 aromatic rings. The van der Waals surface area contributed by atoms with Gasteiger partial charge in [0, 0.05) is 16.6 Å². The molecule has 0 saturated carbocycles. The fourth-order valence-electron chi connectivity index (χ4n) is 3.12. The molecule has 132 valence electrons. The zero-order valence-corrected chi connectivity index (χ0v) is 16.2. The Morgan fingerprint density at radius 1 is 1.28 bits per heavy atom. The third kappa shape index (κ3) is 3.39. The number of hydrogen-bond acceptors (Lipinski definition) is 6. The molecule has 4 rings (SSSR count). The summed E-state index contributed by atoms with van der Waals surface area (Å²) in [4.78, 5) is 0.755. The van der Waals surface area contributed by atoms with Gasteiger partial charge >= 0.3 is 0 Å². The van der Waals surface area contributed by atoms with Gasteiger partial charge in [0.25, 0.3) is 0 Å².